The van der Waals surface area contributed by atoms with Crippen LogP contribution >= 0.6 is 0 Å². The number of likely N-dealkylation sites (tertiary alicyclic amines) is 1. The average molecular weight is 435 g/mol. The maximum absolute atomic E-state index is 13.6. The molecule has 2 aromatic rings. The number of pyridine rings is 1. The highest BCUT2D eigenvalue weighted by Gasteiger charge is 2.23. The van der Waals surface area contributed by atoms with Crippen LogP contribution in [0.3, 0.4) is 0 Å². The second-order valence-electron chi connectivity index (χ2n) is 8.45. The van der Waals surface area contributed by atoms with Gasteiger partial charge in [0, 0.05) is 47.5 Å². The summed E-state index contributed by atoms with van der Waals surface area (Å²) in [5, 5.41) is 3.29. The van der Waals surface area contributed by atoms with Gasteiger partial charge in [-0.3, -0.25) is 9.98 Å². The largest absolute Gasteiger partial charge is 0.359 e. The Kier molecular flexibility index (Phi) is 8.74. The van der Waals surface area contributed by atoms with Crippen molar-refractivity contribution in [2.75, 3.05) is 25.0 Å². The molecule has 1 atom stereocenters. The predicted octanol–water partition coefficient (Wildman–Crippen LogP) is 6.44. The first-order valence-corrected chi connectivity index (χ1v) is 11.6. The van der Waals surface area contributed by atoms with Gasteiger partial charge >= 0.3 is 0 Å². The number of halogens is 1. The number of hydrogen-bond donors (Lipinski definition) is 1. The lowest BCUT2D eigenvalue weighted by Gasteiger charge is -2.33. The molecule has 1 aliphatic heterocycles. The molecular weight excluding hydrogens is 399 g/mol. The van der Waals surface area contributed by atoms with E-state index in [4.69, 9.17) is 4.99 Å². The summed E-state index contributed by atoms with van der Waals surface area (Å²) in [6, 6.07) is 10.5. The van der Waals surface area contributed by atoms with Gasteiger partial charge in [0.1, 0.15) is 5.82 Å². The van der Waals surface area contributed by atoms with E-state index in [2.05, 4.69) is 36.0 Å². The molecule has 1 aromatic carbocycles. The smallest absolute Gasteiger partial charge is 0.125 e. The number of aromatic nitrogens is 1. The van der Waals surface area contributed by atoms with Gasteiger partial charge in [-0.15, -0.1) is 0 Å². The second-order valence-corrected chi connectivity index (χ2v) is 8.45. The maximum atomic E-state index is 13.6. The molecule has 170 valence electrons. The number of benzene rings is 1. The van der Waals surface area contributed by atoms with Crippen LogP contribution in [0, 0.1) is 11.7 Å². The first kappa shape index (κ1) is 23.9. The fraction of sp³-hybridized carbons (Fsp3) is 0.407. The van der Waals surface area contributed by atoms with E-state index in [-0.39, 0.29) is 5.82 Å². The van der Waals surface area contributed by atoms with Crippen molar-refractivity contribution >= 4 is 11.4 Å². The first-order chi connectivity index (χ1) is 15.5. The Morgan fingerprint density at radius 1 is 1.25 bits per heavy atom. The molecule has 2 heterocycles. The molecule has 32 heavy (non-hydrogen) atoms. The highest BCUT2D eigenvalue weighted by molar-refractivity contribution is 6.09. The molecule has 0 spiro atoms. The van der Waals surface area contributed by atoms with Crippen molar-refractivity contribution in [3.8, 4) is 0 Å². The molecule has 1 aliphatic rings. The van der Waals surface area contributed by atoms with Gasteiger partial charge in [-0.1, -0.05) is 25.5 Å². The van der Waals surface area contributed by atoms with Crippen molar-refractivity contribution in [2.45, 2.75) is 47.0 Å². The summed E-state index contributed by atoms with van der Waals surface area (Å²) in [5.41, 5.74) is 5.98. The van der Waals surface area contributed by atoms with E-state index in [9.17, 15) is 4.39 Å². The van der Waals surface area contributed by atoms with E-state index in [1.807, 2.05) is 37.4 Å². The van der Waals surface area contributed by atoms with Crippen molar-refractivity contribution in [3.63, 3.8) is 0 Å². The van der Waals surface area contributed by atoms with Gasteiger partial charge in [0.15, 0.2) is 0 Å². The third-order valence-corrected chi connectivity index (χ3v) is 6.02. The van der Waals surface area contributed by atoms with Gasteiger partial charge in [-0.25, -0.2) is 4.39 Å². The highest BCUT2D eigenvalue weighted by Crippen LogP contribution is 2.29. The number of piperidine rings is 1. The summed E-state index contributed by atoms with van der Waals surface area (Å²) >= 11 is 0. The highest BCUT2D eigenvalue weighted by atomic mass is 19.1. The lowest BCUT2D eigenvalue weighted by Crippen LogP contribution is -2.36. The van der Waals surface area contributed by atoms with Crippen LogP contribution in [0.15, 0.2) is 76.8 Å². The molecule has 5 heteroatoms. The lowest BCUT2D eigenvalue weighted by molar-refractivity contribution is 0.199. The number of allylic oxidation sites excluding steroid dienone is 3. The van der Waals surface area contributed by atoms with E-state index in [1.54, 1.807) is 12.3 Å². The SMILES string of the molecule is CC/C(C)=C(/N=C(/C=C(\C)Nc1cccc(F)c1)c1cccnc1)C1CCCN(CC)C1. The van der Waals surface area contributed by atoms with Gasteiger partial charge in [-0.05, 0) is 82.6 Å². The monoisotopic (exact) mass is 434 g/mol. The molecule has 0 amide bonds. The van der Waals surface area contributed by atoms with Crippen molar-refractivity contribution in [1.82, 2.24) is 9.88 Å². The summed E-state index contributed by atoms with van der Waals surface area (Å²) in [4.78, 5) is 12.1. The minimum absolute atomic E-state index is 0.259. The zero-order valence-electron chi connectivity index (χ0n) is 19.7. The zero-order valence-corrected chi connectivity index (χ0v) is 19.7. The van der Waals surface area contributed by atoms with E-state index in [0.717, 1.165) is 48.6 Å². The molecule has 1 aromatic heterocycles. The van der Waals surface area contributed by atoms with E-state index in [1.165, 1.54) is 36.4 Å². The molecule has 0 saturated carbocycles. The van der Waals surface area contributed by atoms with E-state index < -0.39 is 0 Å². The number of aliphatic imine (C=N–C) groups is 1. The molecule has 4 nitrogen and oxygen atoms in total. The molecule has 3 rings (SSSR count). The summed E-state index contributed by atoms with van der Waals surface area (Å²) in [5.74, 6) is 0.172. The van der Waals surface area contributed by atoms with Crippen LogP contribution in [0.2, 0.25) is 0 Å². The van der Waals surface area contributed by atoms with Crippen LogP contribution in [0.5, 0.6) is 0 Å². The standard InChI is InChI=1S/C27H35FN4/c1-5-20(3)27(23-11-9-15-32(6-2)19-23)31-26(22-10-8-14-29-18-22)16-21(4)30-25-13-7-12-24(28)17-25/h7-8,10,12-14,16-18,23,30H,5-6,9,11,15,19H2,1-4H3/b21-16+,27-20+,31-26-. The van der Waals surface area contributed by atoms with Crippen molar-refractivity contribution < 1.29 is 4.39 Å². The van der Waals surface area contributed by atoms with Gasteiger partial charge < -0.3 is 10.2 Å². The van der Waals surface area contributed by atoms with Crippen LogP contribution in [0.4, 0.5) is 10.1 Å². The second kappa shape index (κ2) is 11.7. The fourth-order valence-corrected chi connectivity index (χ4v) is 4.14. The quantitative estimate of drug-likeness (QED) is 0.486. The minimum Gasteiger partial charge on any atom is -0.359 e. The normalized spacial score (nSPS) is 19.0. The number of anilines is 1. The number of hydrogen-bond acceptors (Lipinski definition) is 4. The minimum atomic E-state index is -0.259. The summed E-state index contributed by atoms with van der Waals surface area (Å²) in [6.07, 6.45) is 9.00. The van der Waals surface area contributed by atoms with Gasteiger partial charge in [0.25, 0.3) is 0 Å². The Morgan fingerprint density at radius 3 is 2.78 bits per heavy atom. The lowest BCUT2D eigenvalue weighted by atomic mass is 9.91. The average Bonchev–Trinajstić information content (AvgIpc) is 2.81. The summed E-state index contributed by atoms with van der Waals surface area (Å²) < 4.78 is 13.6. The Bertz CT molecular complexity index is 978. The number of rotatable bonds is 8. The molecule has 1 fully saturated rings. The van der Waals surface area contributed by atoms with Crippen molar-refractivity contribution in [3.05, 3.63) is 83.2 Å². The third-order valence-electron chi connectivity index (χ3n) is 6.02. The number of nitrogens with zero attached hydrogens (tertiary/aromatic N) is 3. The summed E-state index contributed by atoms with van der Waals surface area (Å²) in [7, 11) is 0. The fourth-order valence-electron chi connectivity index (χ4n) is 4.14. The third kappa shape index (κ3) is 6.60. The van der Waals surface area contributed by atoms with Crippen LogP contribution in [0.25, 0.3) is 0 Å². The van der Waals surface area contributed by atoms with E-state index in [0.29, 0.717) is 5.92 Å². The van der Waals surface area contributed by atoms with Crippen molar-refractivity contribution in [1.29, 1.82) is 0 Å². The predicted molar refractivity (Wildman–Crippen MR) is 132 cm³/mol. The molecule has 0 aliphatic carbocycles. The molecule has 1 saturated heterocycles. The molecular formula is C27H35FN4. The van der Waals surface area contributed by atoms with Crippen molar-refractivity contribution in [2.24, 2.45) is 10.9 Å². The van der Waals surface area contributed by atoms with Crippen LogP contribution in [-0.2, 0) is 0 Å². The van der Waals surface area contributed by atoms with Gasteiger partial charge in [-0.2, -0.15) is 0 Å². The molecule has 0 radical (unpaired) electrons. The Morgan fingerprint density at radius 2 is 2.09 bits per heavy atom. The maximum Gasteiger partial charge on any atom is 0.125 e. The molecule has 1 unspecified atom stereocenters. The molecule has 0 bridgehead atoms. The summed E-state index contributed by atoms with van der Waals surface area (Å²) in [6.45, 7) is 11.9. The Labute approximate surface area is 192 Å². The molecule has 1 N–H and O–H groups in total. The van der Waals surface area contributed by atoms with Gasteiger partial charge in [0.05, 0.1) is 5.71 Å². The topological polar surface area (TPSA) is 40.5 Å². The Hall–Kier alpha value is -2.79. The number of nitrogens with one attached hydrogen (secondary N) is 1. The van der Waals surface area contributed by atoms with Crippen LogP contribution in [0.1, 0.15) is 52.5 Å². The van der Waals surface area contributed by atoms with E-state index >= 15 is 0 Å². The van der Waals surface area contributed by atoms with Crippen LogP contribution < -0.4 is 5.32 Å². The van der Waals surface area contributed by atoms with Gasteiger partial charge in [0.2, 0.25) is 0 Å². The first-order valence-electron chi connectivity index (χ1n) is 11.6. The zero-order chi connectivity index (χ0) is 22.9. The Balaban J connectivity index is 1.99. The van der Waals surface area contributed by atoms with Crippen LogP contribution in [-0.4, -0.2) is 35.2 Å².